The molecule has 0 atom stereocenters. The molecule has 5 rings (SSSR count). The van der Waals surface area contributed by atoms with Gasteiger partial charge >= 0.3 is 0 Å². The number of methoxy groups -OCH3 is 1. The molecule has 38 heavy (non-hydrogen) atoms. The van der Waals surface area contributed by atoms with Crippen molar-refractivity contribution in [2.45, 2.75) is 18.2 Å². The van der Waals surface area contributed by atoms with Crippen LogP contribution in [0.4, 0.5) is 4.39 Å². The van der Waals surface area contributed by atoms with E-state index in [2.05, 4.69) is 10.3 Å². The Hall–Kier alpha value is -4.37. The summed E-state index contributed by atoms with van der Waals surface area (Å²) in [6.07, 6.45) is 1.78. The monoisotopic (exact) mass is 528 g/mol. The van der Waals surface area contributed by atoms with Crippen molar-refractivity contribution < 1.29 is 13.9 Å². The molecule has 2 aromatic heterocycles. The van der Waals surface area contributed by atoms with E-state index >= 15 is 0 Å². The molecule has 2 heterocycles. The summed E-state index contributed by atoms with van der Waals surface area (Å²) in [4.78, 5) is 34.3. The number of halogens is 1. The second-order valence-electron chi connectivity index (χ2n) is 8.58. The molecule has 0 spiro atoms. The maximum Gasteiger partial charge on any atom is 0.278 e. The number of fused-ring (bicyclic) bond motifs is 1. The Kier molecular flexibility index (Phi) is 7.55. The highest BCUT2D eigenvalue weighted by Crippen LogP contribution is 2.28. The fourth-order valence-corrected chi connectivity index (χ4v) is 4.97. The van der Waals surface area contributed by atoms with Crippen molar-refractivity contribution in [2.75, 3.05) is 12.9 Å². The number of aromatic nitrogens is 3. The number of aromatic amines is 1. The number of nitrogens with one attached hydrogen (secondary N) is 2. The molecule has 0 fully saturated rings. The number of ether oxygens (including phenoxy) is 1. The van der Waals surface area contributed by atoms with Gasteiger partial charge in [0.1, 0.15) is 22.6 Å². The molecule has 2 N–H and O–H groups in total. The summed E-state index contributed by atoms with van der Waals surface area (Å²) >= 11 is 1.19. The molecule has 0 aliphatic carbocycles. The molecule has 5 aromatic rings. The fourth-order valence-electron chi connectivity index (χ4n) is 4.15. The van der Waals surface area contributed by atoms with Crippen LogP contribution >= 0.6 is 11.8 Å². The van der Waals surface area contributed by atoms with Gasteiger partial charge in [-0.3, -0.25) is 14.2 Å². The highest BCUT2D eigenvalue weighted by Gasteiger charge is 2.19. The van der Waals surface area contributed by atoms with Gasteiger partial charge in [-0.25, -0.2) is 9.37 Å². The van der Waals surface area contributed by atoms with Crippen molar-refractivity contribution in [2.24, 2.45) is 0 Å². The Morgan fingerprint density at radius 3 is 2.55 bits per heavy atom. The third-order valence-corrected chi connectivity index (χ3v) is 7.07. The smallest absolute Gasteiger partial charge is 0.278 e. The number of carbonyl (C=O) groups is 1. The van der Waals surface area contributed by atoms with E-state index in [1.165, 1.54) is 23.9 Å². The molecule has 0 radical (unpaired) electrons. The first-order valence-corrected chi connectivity index (χ1v) is 12.9. The Morgan fingerprint density at radius 2 is 1.79 bits per heavy atom. The lowest BCUT2D eigenvalue weighted by molar-refractivity contribution is -0.118. The average Bonchev–Trinajstić information content (AvgIpc) is 3.38. The SMILES string of the molecule is COc1ccccc1Cn1c(SCC(=O)NCc2ccc(F)cc2)nc2c(-c3ccccc3)c[nH]c2c1=O. The van der Waals surface area contributed by atoms with Gasteiger partial charge in [-0.05, 0) is 29.3 Å². The summed E-state index contributed by atoms with van der Waals surface area (Å²) in [5, 5.41) is 3.26. The summed E-state index contributed by atoms with van der Waals surface area (Å²) in [5.74, 6) is 0.152. The predicted molar refractivity (Wildman–Crippen MR) is 147 cm³/mol. The Labute approximate surface area is 222 Å². The molecular weight excluding hydrogens is 503 g/mol. The second kappa shape index (κ2) is 11.4. The Balaban J connectivity index is 1.47. The van der Waals surface area contributed by atoms with E-state index in [4.69, 9.17) is 9.72 Å². The van der Waals surface area contributed by atoms with Crippen molar-refractivity contribution in [3.63, 3.8) is 0 Å². The molecule has 192 valence electrons. The lowest BCUT2D eigenvalue weighted by Crippen LogP contribution is -2.27. The summed E-state index contributed by atoms with van der Waals surface area (Å²) in [5.41, 5.74) is 4.05. The number of hydrogen-bond acceptors (Lipinski definition) is 5. The number of nitrogens with zero attached hydrogens (tertiary/aromatic N) is 2. The summed E-state index contributed by atoms with van der Waals surface area (Å²) in [6, 6.07) is 23.1. The van der Waals surface area contributed by atoms with E-state index in [9.17, 15) is 14.0 Å². The molecule has 0 bridgehead atoms. The topological polar surface area (TPSA) is 89.0 Å². The van der Waals surface area contributed by atoms with Crippen LogP contribution in [0, 0.1) is 5.82 Å². The number of amides is 1. The maximum atomic E-state index is 13.7. The molecule has 0 aliphatic heterocycles. The maximum absolute atomic E-state index is 13.7. The number of rotatable bonds is 9. The van der Waals surface area contributed by atoms with Crippen LogP contribution in [0.1, 0.15) is 11.1 Å². The van der Waals surface area contributed by atoms with E-state index in [0.717, 1.165) is 22.3 Å². The molecular formula is C29H25FN4O3S. The molecule has 0 saturated carbocycles. The zero-order valence-corrected chi connectivity index (χ0v) is 21.4. The lowest BCUT2D eigenvalue weighted by Gasteiger charge is -2.14. The number of thioether (sulfide) groups is 1. The van der Waals surface area contributed by atoms with Gasteiger partial charge in [0.2, 0.25) is 5.91 Å². The van der Waals surface area contributed by atoms with Gasteiger partial charge < -0.3 is 15.0 Å². The highest BCUT2D eigenvalue weighted by atomic mass is 32.2. The van der Waals surface area contributed by atoms with Crippen molar-refractivity contribution in [1.29, 1.82) is 0 Å². The fraction of sp³-hybridized carbons (Fsp3) is 0.138. The molecule has 0 aliphatic rings. The first-order valence-electron chi connectivity index (χ1n) is 12.0. The van der Waals surface area contributed by atoms with Crippen LogP contribution in [-0.4, -0.2) is 33.3 Å². The van der Waals surface area contributed by atoms with Crippen molar-refractivity contribution in [3.8, 4) is 16.9 Å². The minimum Gasteiger partial charge on any atom is -0.496 e. The van der Waals surface area contributed by atoms with Crippen molar-refractivity contribution >= 4 is 28.7 Å². The van der Waals surface area contributed by atoms with Gasteiger partial charge in [0.15, 0.2) is 5.16 Å². The van der Waals surface area contributed by atoms with E-state index < -0.39 is 0 Å². The van der Waals surface area contributed by atoms with Crippen LogP contribution in [0.5, 0.6) is 5.75 Å². The third-order valence-electron chi connectivity index (χ3n) is 6.09. The van der Waals surface area contributed by atoms with Crippen LogP contribution in [0.2, 0.25) is 0 Å². The molecule has 9 heteroatoms. The third kappa shape index (κ3) is 5.47. The summed E-state index contributed by atoms with van der Waals surface area (Å²) in [6.45, 7) is 0.501. The quantitative estimate of drug-likeness (QED) is 0.208. The summed E-state index contributed by atoms with van der Waals surface area (Å²) < 4.78 is 20.2. The van der Waals surface area contributed by atoms with E-state index in [0.29, 0.717) is 21.9 Å². The van der Waals surface area contributed by atoms with Gasteiger partial charge in [0.25, 0.3) is 5.56 Å². The average molecular weight is 529 g/mol. The van der Waals surface area contributed by atoms with Gasteiger partial charge in [0, 0.05) is 23.9 Å². The van der Waals surface area contributed by atoms with Crippen molar-refractivity contribution in [3.05, 3.63) is 112 Å². The van der Waals surface area contributed by atoms with Crippen LogP contribution in [0.15, 0.2) is 95.0 Å². The van der Waals surface area contributed by atoms with Crippen LogP contribution in [0.3, 0.4) is 0 Å². The largest absolute Gasteiger partial charge is 0.496 e. The second-order valence-corrected chi connectivity index (χ2v) is 9.52. The van der Waals surface area contributed by atoms with Crippen LogP contribution in [-0.2, 0) is 17.9 Å². The lowest BCUT2D eigenvalue weighted by atomic mass is 10.1. The molecule has 7 nitrogen and oxygen atoms in total. The first kappa shape index (κ1) is 25.3. The highest BCUT2D eigenvalue weighted by molar-refractivity contribution is 7.99. The molecule has 0 unspecified atom stereocenters. The molecule has 1 amide bonds. The first-order chi connectivity index (χ1) is 18.5. The van der Waals surface area contributed by atoms with Gasteiger partial charge in [-0.1, -0.05) is 72.4 Å². The minimum atomic E-state index is -0.329. The number of para-hydroxylation sites is 1. The van der Waals surface area contributed by atoms with Crippen LogP contribution < -0.4 is 15.6 Å². The van der Waals surface area contributed by atoms with Gasteiger partial charge in [0.05, 0.1) is 19.4 Å². The zero-order valence-electron chi connectivity index (χ0n) is 20.6. The van der Waals surface area contributed by atoms with E-state index in [-0.39, 0.29) is 36.1 Å². The number of hydrogen-bond donors (Lipinski definition) is 2. The molecule has 0 saturated heterocycles. The number of H-pyrrole nitrogens is 1. The molecule has 3 aromatic carbocycles. The summed E-state index contributed by atoms with van der Waals surface area (Å²) in [7, 11) is 1.58. The predicted octanol–water partition coefficient (Wildman–Crippen LogP) is 5.00. The number of carbonyl (C=O) groups excluding carboxylic acids is 1. The standard InChI is InChI=1S/C29H25FN4O3S/c1-37-24-10-6-5-9-21(24)17-34-28(36)27-26(23(16-32-27)20-7-3-2-4-8-20)33-29(34)38-18-25(35)31-15-19-11-13-22(30)14-12-19/h2-14,16,32H,15,17-18H2,1H3,(H,31,35). The van der Waals surface area contributed by atoms with Gasteiger partial charge in [-0.2, -0.15) is 0 Å². The zero-order chi connectivity index (χ0) is 26.5. The van der Waals surface area contributed by atoms with E-state index in [1.54, 1.807) is 30.0 Å². The minimum absolute atomic E-state index is 0.0517. The van der Waals surface area contributed by atoms with Crippen LogP contribution in [0.25, 0.3) is 22.2 Å². The van der Waals surface area contributed by atoms with Crippen molar-refractivity contribution in [1.82, 2.24) is 19.9 Å². The normalized spacial score (nSPS) is 11.0. The number of benzene rings is 3. The Bertz CT molecular complexity index is 1630. The van der Waals surface area contributed by atoms with Gasteiger partial charge in [-0.15, -0.1) is 0 Å². The Morgan fingerprint density at radius 1 is 1.05 bits per heavy atom. The van der Waals surface area contributed by atoms with E-state index in [1.807, 2.05) is 54.6 Å².